The highest BCUT2D eigenvalue weighted by atomic mass is 79.9. The van der Waals surface area contributed by atoms with Crippen molar-refractivity contribution in [2.24, 2.45) is 0 Å². The molecule has 5 heteroatoms. The van der Waals surface area contributed by atoms with E-state index in [4.69, 9.17) is 0 Å². The van der Waals surface area contributed by atoms with Crippen molar-refractivity contribution in [2.75, 3.05) is 0 Å². The van der Waals surface area contributed by atoms with Gasteiger partial charge in [-0.1, -0.05) is 6.92 Å². The number of hydrogen-bond donors (Lipinski definition) is 0. The van der Waals surface area contributed by atoms with Gasteiger partial charge < -0.3 is 4.57 Å². The number of rotatable bonds is 6. The molecule has 2 heterocycles. The van der Waals surface area contributed by atoms with Gasteiger partial charge in [0.05, 0.1) is 22.4 Å². The van der Waals surface area contributed by atoms with Gasteiger partial charge in [-0.25, -0.2) is 0 Å². The van der Waals surface area contributed by atoms with Crippen molar-refractivity contribution in [3.63, 3.8) is 0 Å². The molecule has 0 atom stereocenters. The molecule has 0 radical (unpaired) electrons. The van der Waals surface area contributed by atoms with Gasteiger partial charge in [-0.3, -0.25) is 9.48 Å². The molecule has 20 heavy (non-hydrogen) atoms. The minimum absolute atomic E-state index is 0.213. The molecular formula is C15H20BrN3O. The van der Waals surface area contributed by atoms with Crippen LogP contribution in [0.4, 0.5) is 0 Å². The molecule has 0 unspecified atom stereocenters. The second kappa shape index (κ2) is 6.39. The maximum Gasteiger partial charge on any atom is 0.164 e. The third-order valence-electron chi connectivity index (χ3n) is 3.33. The second-order valence-corrected chi connectivity index (χ2v) is 5.70. The molecule has 2 rings (SSSR count). The Bertz CT molecular complexity index is 613. The summed E-state index contributed by atoms with van der Waals surface area (Å²) in [5.74, 6) is 0.213. The summed E-state index contributed by atoms with van der Waals surface area (Å²) in [5.41, 5.74) is 2.92. The fourth-order valence-corrected chi connectivity index (χ4v) is 2.68. The van der Waals surface area contributed by atoms with Crippen molar-refractivity contribution < 1.29 is 4.79 Å². The van der Waals surface area contributed by atoms with Gasteiger partial charge in [0.2, 0.25) is 0 Å². The van der Waals surface area contributed by atoms with E-state index in [0.29, 0.717) is 13.0 Å². The Balaban J connectivity index is 2.21. The highest BCUT2D eigenvalue weighted by Gasteiger charge is 2.13. The number of nitrogens with zero attached hydrogens (tertiary/aromatic N) is 3. The molecule has 0 aromatic carbocycles. The van der Waals surface area contributed by atoms with Gasteiger partial charge in [-0.2, -0.15) is 5.10 Å². The number of aryl methyl sites for hydroxylation is 2. The van der Waals surface area contributed by atoms with E-state index in [1.807, 2.05) is 41.6 Å². The van der Waals surface area contributed by atoms with Gasteiger partial charge in [-0.05, 0) is 42.3 Å². The number of ketones is 1. The number of Topliss-reactive ketones (excluding diaryl/α,β-unsaturated/α-hetero) is 1. The highest BCUT2D eigenvalue weighted by molar-refractivity contribution is 9.10. The summed E-state index contributed by atoms with van der Waals surface area (Å²) in [6, 6.07) is 1.89. The Morgan fingerprint density at radius 1 is 1.40 bits per heavy atom. The van der Waals surface area contributed by atoms with E-state index < -0.39 is 0 Å². The van der Waals surface area contributed by atoms with Crippen molar-refractivity contribution in [1.29, 1.82) is 0 Å². The quantitative estimate of drug-likeness (QED) is 0.752. The van der Waals surface area contributed by atoms with Gasteiger partial charge >= 0.3 is 0 Å². The number of halogens is 1. The molecule has 0 spiro atoms. The zero-order chi connectivity index (χ0) is 14.7. The topological polar surface area (TPSA) is 39.8 Å². The van der Waals surface area contributed by atoms with Crippen molar-refractivity contribution in [2.45, 2.75) is 46.7 Å². The Hall–Kier alpha value is -1.36. The standard InChI is InChI=1S/C15H20BrN3O/c1-4-6-14(20)12-7-8-18(9-12)10-13-15(16)11(3)17-19(13)5-2/h7-9H,4-6,10H2,1-3H3. The fraction of sp³-hybridized carbons (Fsp3) is 0.467. The Labute approximate surface area is 127 Å². The molecule has 0 N–H and O–H groups in total. The van der Waals surface area contributed by atoms with Gasteiger partial charge in [0.1, 0.15) is 0 Å². The summed E-state index contributed by atoms with van der Waals surface area (Å²) in [7, 11) is 0. The lowest BCUT2D eigenvalue weighted by molar-refractivity contribution is 0.0981. The molecule has 0 aliphatic rings. The molecule has 0 saturated heterocycles. The number of hydrogen-bond acceptors (Lipinski definition) is 2. The molecule has 2 aromatic heterocycles. The molecule has 0 aliphatic heterocycles. The summed E-state index contributed by atoms with van der Waals surface area (Å²) in [6.07, 6.45) is 5.38. The van der Waals surface area contributed by atoms with E-state index >= 15 is 0 Å². The third-order valence-corrected chi connectivity index (χ3v) is 4.37. The Kier molecular flexibility index (Phi) is 4.81. The zero-order valence-corrected chi connectivity index (χ0v) is 13.8. The van der Waals surface area contributed by atoms with Crippen LogP contribution in [0, 0.1) is 6.92 Å². The third kappa shape index (κ3) is 3.03. The van der Waals surface area contributed by atoms with Crippen LogP contribution in [-0.4, -0.2) is 20.1 Å². The Morgan fingerprint density at radius 3 is 2.80 bits per heavy atom. The van der Waals surface area contributed by atoms with E-state index in [1.54, 1.807) is 0 Å². The highest BCUT2D eigenvalue weighted by Crippen LogP contribution is 2.22. The first kappa shape index (κ1) is 15.0. The Morgan fingerprint density at radius 2 is 2.15 bits per heavy atom. The van der Waals surface area contributed by atoms with Gasteiger partial charge in [0.15, 0.2) is 5.78 Å². The predicted octanol–water partition coefficient (Wildman–Crippen LogP) is 3.81. The van der Waals surface area contributed by atoms with Crippen LogP contribution in [-0.2, 0) is 13.1 Å². The minimum Gasteiger partial charge on any atom is -0.348 e. The normalized spacial score (nSPS) is 11.0. The van der Waals surface area contributed by atoms with Crippen LogP contribution >= 0.6 is 15.9 Å². The zero-order valence-electron chi connectivity index (χ0n) is 12.2. The summed E-state index contributed by atoms with van der Waals surface area (Å²) in [5, 5.41) is 4.49. The molecule has 0 saturated carbocycles. The van der Waals surface area contributed by atoms with Crippen LogP contribution in [0.3, 0.4) is 0 Å². The van der Waals surface area contributed by atoms with Crippen LogP contribution in [0.1, 0.15) is 48.4 Å². The average Bonchev–Trinajstić information content (AvgIpc) is 2.99. The number of carbonyl (C=O) groups excluding carboxylic acids is 1. The molecule has 0 fully saturated rings. The predicted molar refractivity (Wildman–Crippen MR) is 83.1 cm³/mol. The summed E-state index contributed by atoms with van der Waals surface area (Å²) in [6.45, 7) is 7.65. The minimum atomic E-state index is 0.213. The molecule has 0 amide bonds. The SMILES string of the molecule is CCCC(=O)c1ccn(Cc2c(Br)c(C)nn2CC)c1. The lowest BCUT2D eigenvalue weighted by atomic mass is 10.1. The number of aromatic nitrogens is 3. The molecule has 4 nitrogen and oxygen atoms in total. The maximum absolute atomic E-state index is 11.9. The van der Waals surface area contributed by atoms with E-state index in [2.05, 4.69) is 28.0 Å². The van der Waals surface area contributed by atoms with E-state index in [9.17, 15) is 4.79 Å². The summed E-state index contributed by atoms with van der Waals surface area (Å²) < 4.78 is 5.08. The lowest BCUT2D eigenvalue weighted by Crippen LogP contribution is -2.07. The second-order valence-electron chi connectivity index (χ2n) is 4.91. The van der Waals surface area contributed by atoms with Gasteiger partial charge in [0.25, 0.3) is 0 Å². The first-order valence-electron chi connectivity index (χ1n) is 6.97. The molecule has 0 aliphatic carbocycles. The first-order valence-corrected chi connectivity index (χ1v) is 7.76. The first-order chi connectivity index (χ1) is 9.56. The van der Waals surface area contributed by atoms with Crippen molar-refractivity contribution in [3.05, 3.63) is 39.9 Å². The average molecular weight is 338 g/mol. The summed E-state index contributed by atoms with van der Waals surface area (Å²) >= 11 is 3.60. The molecule has 0 bridgehead atoms. The van der Waals surface area contributed by atoms with Crippen molar-refractivity contribution >= 4 is 21.7 Å². The van der Waals surface area contributed by atoms with E-state index in [-0.39, 0.29) is 5.78 Å². The largest absolute Gasteiger partial charge is 0.348 e. The molecule has 2 aromatic rings. The van der Waals surface area contributed by atoms with Crippen LogP contribution in [0.25, 0.3) is 0 Å². The summed E-state index contributed by atoms with van der Waals surface area (Å²) in [4.78, 5) is 11.9. The van der Waals surface area contributed by atoms with Crippen molar-refractivity contribution in [1.82, 2.24) is 14.3 Å². The maximum atomic E-state index is 11.9. The van der Waals surface area contributed by atoms with Crippen molar-refractivity contribution in [3.8, 4) is 0 Å². The van der Waals surface area contributed by atoms with Gasteiger partial charge in [0, 0.05) is 30.9 Å². The van der Waals surface area contributed by atoms with Crippen LogP contribution < -0.4 is 0 Å². The molecule has 108 valence electrons. The van der Waals surface area contributed by atoms with Crippen LogP contribution in [0.15, 0.2) is 22.9 Å². The van der Waals surface area contributed by atoms with Crippen LogP contribution in [0.5, 0.6) is 0 Å². The van der Waals surface area contributed by atoms with E-state index in [0.717, 1.165) is 34.4 Å². The smallest absolute Gasteiger partial charge is 0.164 e. The van der Waals surface area contributed by atoms with Crippen LogP contribution in [0.2, 0.25) is 0 Å². The van der Waals surface area contributed by atoms with E-state index in [1.165, 1.54) is 0 Å². The molecular weight excluding hydrogens is 318 g/mol. The van der Waals surface area contributed by atoms with Gasteiger partial charge in [-0.15, -0.1) is 0 Å². The number of carbonyl (C=O) groups is 1. The lowest BCUT2D eigenvalue weighted by Gasteiger charge is -2.06. The fourth-order valence-electron chi connectivity index (χ4n) is 2.27. The monoisotopic (exact) mass is 337 g/mol.